The molecule has 0 aliphatic carbocycles. The van der Waals surface area contributed by atoms with E-state index >= 15 is 0 Å². The van der Waals surface area contributed by atoms with E-state index in [1.54, 1.807) is 7.11 Å². The Morgan fingerprint density at radius 1 is 1.00 bits per heavy atom. The minimum atomic E-state index is -0.0753. The Morgan fingerprint density at radius 2 is 1.72 bits per heavy atom. The fourth-order valence-corrected chi connectivity index (χ4v) is 4.19. The number of aliphatic hydroxyl groups is 1. The Balaban J connectivity index is 1.66. The van der Waals surface area contributed by atoms with Crippen molar-refractivity contribution in [2.24, 2.45) is 17.8 Å². The molecule has 1 saturated heterocycles. The van der Waals surface area contributed by atoms with E-state index in [0.29, 0.717) is 36.0 Å². The van der Waals surface area contributed by atoms with Crippen molar-refractivity contribution in [1.29, 1.82) is 0 Å². The third-order valence-corrected chi connectivity index (χ3v) is 6.69. The number of ether oxygens (including phenoxy) is 3. The molecular weight excluding hydrogens is 388 g/mol. The van der Waals surface area contributed by atoms with E-state index < -0.39 is 0 Å². The molecule has 0 bridgehead atoms. The second-order valence-corrected chi connectivity index (χ2v) is 8.45. The van der Waals surface area contributed by atoms with Gasteiger partial charge in [-0.15, -0.1) is 0 Å². The third kappa shape index (κ3) is 5.13. The Hall–Kier alpha value is -1.59. The van der Waals surface area contributed by atoms with Crippen LogP contribution in [0.3, 0.4) is 0 Å². The van der Waals surface area contributed by atoms with Crippen molar-refractivity contribution in [2.45, 2.75) is 46.2 Å². The second-order valence-electron chi connectivity index (χ2n) is 8.04. The average Bonchev–Trinajstić information content (AvgIpc) is 2.74. The van der Waals surface area contributed by atoms with Gasteiger partial charge in [-0.1, -0.05) is 50.6 Å². The number of hydrogen-bond acceptors (Lipinski definition) is 4. The highest BCUT2D eigenvalue weighted by Gasteiger charge is 2.39. The van der Waals surface area contributed by atoms with Gasteiger partial charge in [-0.2, -0.15) is 0 Å². The molecule has 4 nitrogen and oxygen atoms in total. The van der Waals surface area contributed by atoms with Gasteiger partial charge >= 0.3 is 0 Å². The summed E-state index contributed by atoms with van der Waals surface area (Å²) in [5.74, 6) is 2.07. The van der Waals surface area contributed by atoms with E-state index in [-0.39, 0.29) is 18.8 Å². The Bertz CT molecular complexity index is 792. The number of rotatable bonds is 7. The van der Waals surface area contributed by atoms with Gasteiger partial charge in [0, 0.05) is 5.02 Å². The Kier molecular flexibility index (Phi) is 7.58. The van der Waals surface area contributed by atoms with Gasteiger partial charge in [0.1, 0.15) is 5.75 Å². The molecule has 2 unspecified atom stereocenters. The van der Waals surface area contributed by atoms with E-state index in [2.05, 4.69) is 20.8 Å². The predicted molar refractivity (Wildman–Crippen MR) is 115 cm³/mol. The van der Waals surface area contributed by atoms with Crippen molar-refractivity contribution in [3.8, 4) is 5.75 Å². The molecule has 0 spiro atoms. The van der Waals surface area contributed by atoms with Crippen molar-refractivity contribution < 1.29 is 19.3 Å². The van der Waals surface area contributed by atoms with Crippen LogP contribution >= 0.6 is 11.6 Å². The van der Waals surface area contributed by atoms with Crippen LogP contribution in [0.5, 0.6) is 5.75 Å². The van der Waals surface area contributed by atoms with Crippen molar-refractivity contribution in [3.05, 3.63) is 64.2 Å². The molecule has 0 aromatic heterocycles. The van der Waals surface area contributed by atoms with Gasteiger partial charge in [0.15, 0.2) is 0 Å². The maximum atomic E-state index is 9.56. The van der Waals surface area contributed by atoms with Crippen LogP contribution in [-0.4, -0.2) is 24.9 Å². The van der Waals surface area contributed by atoms with Crippen LogP contribution in [0.4, 0.5) is 0 Å². The standard InChI is InChI=1S/C24H31ClO4/c1-15-16(2)23(14-28-13-18-5-8-21(27-4)9-6-18)29-24(17(15)3)19-7-10-22(25)20(11-19)12-26/h5-11,15-17,23-24,26H,12-14H2,1-4H3/t15-,16+,17?,23?,24+/m0/s1. The van der Waals surface area contributed by atoms with E-state index in [1.807, 2.05) is 42.5 Å². The molecule has 5 atom stereocenters. The van der Waals surface area contributed by atoms with Crippen molar-refractivity contribution >= 4 is 11.6 Å². The summed E-state index contributed by atoms with van der Waals surface area (Å²) < 4.78 is 17.7. The van der Waals surface area contributed by atoms with Gasteiger partial charge < -0.3 is 19.3 Å². The molecule has 1 fully saturated rings. The summed E-state index contributed by atoms with van der Waals surface area (Å²) >= 11 is 6.17. The van der Waals surface area contributed by atoms with E-state index in [1.165, 1.54) is 0 Å². The number of halogens is 1. The minimum absolute atomic E-state index is 0.0118. The summed E-state index contributed by atoms with van der Waals surface area (Å²) in [6.07, 6.45) is -0.0314. The monoisotopic (exact) mass is 418 g/mol. The summed E-state index contributed by atoms with van der Waals surface area (Å²) in [5.41, 5.74) is 2.90. The molecule has 1 heterocycles. The fraction of sp³-hybridized carbons (Fsp3) is 0.500. The molecule has 1 aliphatic heterocycles. The zero-order valence-electron chi connectivity index (χ0n) is 17.6. The Morgan fingerprint density at radius 3 is 2.38 bits per heavy atom. The molecule has 2 aromatic rings. The maximum absolute atomic E-state index is 9.56. The summed E-state index contributed by atoms with van der Waals surface area (Å²) in [6.45, 7) is 7.76. The maximum Gasteiger partial charge on any atom is 0.118 e. The molecule has 2 aromatic carbocycles. The predicted octanol–water partition coefficient (Wildman–Crippen LogP) is 5.41. The van der Waals surface area contributed by atoms with Crippen LogP contribution in [-0.2, 0) is 22.7 Å². The first-order valence-electron chi connectivity index (χ1n) is 10.2. The highest BCUT2D eigenvalue weighted by Crippen LogP contribution is 2.43. The van der Waals surface area contributed by atoms with Crippen LogP contribution in [0.15, 0.2) is 42.5 Å². The first-order valence-corrected chi connectivity index (χ1v) is 10.6. The lowest BCUT2D eigenvalue weighted by Crippen LogP contribution is -2.42. The number of hydrogen-bond donors (Lipinski definition) is 1. The SMILES string of the molecule is COc1ccc(COCC2O[C@@H](c3ccc(Cl)c(CO)c3)C(C)[C@@H](C)[C@H]2C)cc1. The second kappa shape index (κ2) is 9.94. The first kappa shape index (κ1) is 22.1. The first-order chi connectivity index (χ1) is 13.9. The smallest absolute Gasteiger partial charge is 0.118 e. The van der Waals surface area contributed by atoms with Crippen molar-refractivity contribution in [3.63, 3.8) is 0 Å². The largest absolute Gasteiger partial charge is 0.497 e. The molecule has 158 valence electrons. The highest BCUT2D eigenvalue weighted by atomic mass is 35.5. The summed E-state index contributed by atoms with van der Waals surface area (Å²) in [5, 5.41) is 10.1. The van der Waals surface area contributed by atoms with Crippen LogP contribution in [0.25, 0.3) is 0 Å². The normalized spacial score (nSPS) is 27.0. The molecular formula is C24H31ClO4. The summed E-state index contributed by atoms with van der Waals surface area (Å²) in [4.78, 5) is 0. The van der Waals surface area contributed by atoms with Gasteiger partial charge in [-0.3, -0.25) is 0 Å². The lowest BCUT2D eigenvalue weighted by Gasteiger charge is -2.44. The van der Waals surface area contributed by atoms with E-state index in [4.69, 9.17) is 25.8 Å². The van der Waals surface area contributed by atoms with Crippen LogP contribution in [0.1, 0.15) is 43.6 Å². The molecule has 3 rings (SSSR count). The van der Waals surface area contributed by atoms with Gasteiger partial charge in [-0.05, 0) is 58.7 Å². The quantitative estimate of drug-likeness (QED) is 0.653. The van der Waals surface area contributed by atoms with Gasteiger partial charge in [-0.25, -0.2) is 0 Å². The molecule has 1 aliphatic rings. The van der Waals surface area contributed by atoms with Crippen molar-refractivity contribution in [1.82, 2.24) is 0 Å². The number of methoxy groups -OCH3 is 1. The minimum Gasteiger partial charge on any atom is -0.497 e. The van der Waals surface area contributed by atoms with Gasteiger partial charge in [0.25, 0.3) is 0 Å². The number of aliphatic hydroxyl groups excluding tert-OH is 1. The number of benzene rings is 2. The molecule has 0 amide bonds. The lowest BCUT2D eigenvalue weighted by molar-refractivity contribution is -0.159. The topological polar surface area (TPSA) is 47.9 Å². The fourth-order valence-electron chi connectivity index (χ4n) is 4.01. The summed E-state index contributed by atoms with van der Waals surface area (Å²) in [7, 11) is 1.66. The molecule has 0 saturated carbocycles. The lowest BCUT2D eigenvalue weighted by atomic mass is 9.75. The van der Waals surface area contributed by atoms with Gasteiger partial charge in [0.05, 0.1) is 39.1 Å². The molecule has 29 heavy (non-hydrogen) atoms. The average molecular weight is 419 g/mol. The van der Waals surface area contributed by atoms with E-state index in [0.717, 1.165) is 22.4 Å². The van der Waals surface area contributed by atoms with Crippen LogP contribution < -0.4 is 4.74 Å². The summed E-state index contributed by atoms with van der Waals surface area (Å²) in [6, 6.07) is 13.7. The molecule has 0 radical (unpaired) electrons. The third-order valence-electron chi connectivity index (χ3n) is 6.32. The zero-order chi connectivity index (χ0) is 21.0. The zero-order valence-corrected chi connectivity index (χ0v) is 18.4. The highest BCUT2D eigenvalue weighted by molar-refractivity contribution is 6.31. The van der Waals surface area contributed by atoms with Crippen molar-refractivity contribution in [2.75, 3.05) is 13.7 Å². The Labute approximate surface area is 178 Å². The molecule has 1 N–H and O–H groups in total. The van der Waals surface area contributed by atoms with Crippen LogP contribution in [0.2, 0.25) is 5.02 Å². The van der Waals surface area contributed by atoms with Gasteiger partial charge in [0.2, 0.25) is 0 Å². The van der Waals surface area contributed by atoms with E-state index in [9.17, 15) is 5.11 Å². The van der Waals surface area contributed by atoms with Crippen LogP contribution in [0, 0.1) is 17.8 Å². The molecule has 5 heteroatoms.